The van der Waals surface area contributed by atoms with Gasteiger partial charge >= 0.3 is 0 Å². The van der Waals surface area contributed by atoms with Crippen LogP contribution in [0.25, 0.3) is 0 Å². The van der Waals surface area contributed by atoms with E-state index in [0.29, 0.717) is 47.3 Å². The van der Waals surface area contributed by atoms with E-state index >= 15 is 0 Å². The first-order chi connectivity index (χ1) is 35.2. The fourth-order valence-corrected chi connectivity index (χ4v) is 20.3. The third-order valence-corrected chi connectivity index (χ3v) is 34.0. The van der Waals surface area contributed by atoms with Crippen molar-refractivity contribution in [2.45, 2.75) is 194 Å². The van der Waals surface area contributed by atoms with Crippen LogP contribution in [-0.2, 0) is 39.0 Å². The van der Waals surface area contributed by atoms with Crippen LogP contribution < -0.4 is 19.8 Å². The Morgan fingerprint density at radius 2 is 0.933 bits per heavy atom. The van der Waals surface area contributed by atoms with E-state index in [0.717, 1.165) is 76.1 Å². The normalized spacial score (nSPS) is 24.7. The largest absolute Gasteiger partial charge is 0.496 e. The van der Waals surface area contributed by atoms with Crippen LogP contribution in [0, 0.1) is 47.3 Å². The van der Waals surface area contributed by atoms with Crippen molar-refractivity contribution in [3.05, 3.63) is 119 Å². The highest BCUT2D eigenvalue weighted by Crippen LogP contribution is 2.53. The summed E-state index contributed by atoms with van der Waals surface area (Å²) in [5, 5.41) is 14.1. The standard InChI is InChI=1S/C41H60O3Si2.C25H42O3Si/c1-30(29-43-45(9,10)40(2,3)4)24-25-35-36-26-31-18-17-23-38(42-8)37(31)27-32(36)28-39(35)44-46(41(5,6)7,33-19-13-11-14-20-33)34-21-15-12-16-22-34;1-17(16-28-29(6,7)25(2,3)4)11-12-20-21-13-18-9-8-10-24(27-5)22(18)14-19(21)15-23(20)26/h11-23,30,32,35-36,39H,24-29H2,1-10H3;8-10,17,19-21,23,26H,11-16H2,1-7H3/t30-,32+,35-,36+,39-;17-,19+,20-,21+,23-/m11/s1. The molecule has 4 aromatic rings. The average molecular weight is 1080 g/mol. The second-order valence-electron chi connectivity index (χ2n) is 28.1. The molecule has 0 aliphatic heterocycles. The Kier molecular flexibility index (Phi) is 19.2. The fourth-order valence-electron chi connectivity index (χ4n) is 13.3. The zero-order valence-electron chi connectivity index (χ0n) is 50.0. The molecular weight excluding hydrogens is 973 g/mol. The van der Waals surface area contributed by atoms with Gasteiger partial charge in [0.2, 0.25) is 0 Å². The topological polar surface area (TPSA) is 66.4 Å². The van der Waals surface area contributed by atoms with Crippen LogP contribution in [0.5, 0.6) is 11.5 Å². The third-order valence-electron chi connectivity index (χ3n) is 19.9. The number of aliphatic hydroxyl groups excluding tert-OH is 1. The lowest BCUT2D eigenvalue weighted by atomic mass is 9.73. The van der Waals surface area contributed by atoms with E-state index in [9.17, 15) is 5.11 Å². The van der Waals surface area contributed by atoms with Gasteiger partial charge in [-0.25, -0.2) is 0 Å². The molecule has 9 heteroatoms. The van der Waals surface area contributed by atoms with Gasteiger partial charge in [-0.15, -0.1) is 0 Å². The van der Waals surface area contributed by atoms with Crippen molar-refractivity contribution < 1.29 is 27.9 Å². The molecule has 0 saturated heterocycles. The molecule has 0 aromatic heterocycles. The zero-order chi connectivity index (χ0) is 54.7. The van der Waals surface area contributed by atoms with Gasteiger partial charge in [-0.1, -0.05) is 161 Å². The molecule has 0 amide bonds. The van der Waals surface area contributed by atoms with Gasteiger partial charge in [-0.05, 0) is 198 Å². The summed E-state index contributed by atoms with van der Waals surface area (Å²) < 4.78 is 32.6. The Labute approximate surface area is 460 Å². The first kappa shape index (κ1) is 59.6. The van der Waals surface area contributed by atoms with Crippen molar-refractivity contribution in [2.75, 3.05) is 27.4 Å². The second kappa shape index (κ2) is 24.1. The Balaban J connectivity index is 0.000000243. The van der Waals surface area contributed by atoms with Crippen molar-refractivity contribution in [3.8, 4) is 11.5 Å². The number of methoxy groups -OCH3 is 2. The Morgan fingerprint density at radius 3 is 1.35 bits per heavy atom. The van der Waals surface area contributed by atoms with Crippen molar-refractivity contribution in [3.63, 3.8) is 0 Å². The number of aliphatic hydroxyl groups is 1. The minimum atomic E-state index is -2.68. The lowest BCUT2D eigenvalue weighted by Gasteiger charge is -2.46. The molecule has 4 aliphatic rings. The molecule has 2 fully saturated rings. The number of fused-ring (bicyclic) bond motifs is 4. The number of hydrogen-bond acceptors (Lipinski definition) is 6. The molecule has 0 unspecified atom stereocenters. The maximum Gasteiger partial charge on any atom is 0.261 e. The van der Waals surface area contributed by atoms with Crippen molar-refractivity contribution in [2.24, 2.45) is 47.3 Å². The Morgan fingerprint density at radius 1 is 0.520 bits per heavy atom. The molecule has 0 bridgehead atoms. The van der Waals surface area contributed by atoms with Gasteiger partial charge in [0.15, 0.2) is 16.6 Å². The van der Waals surface area contributed by atoms with Crippen LogP contribution in [0.3, 0.4) is 0 Å². The zero-order valence-corrected chi connectivity index (χ0v) is 53.0. The number of ether oxygens (including phenoxy) is 2. The molecule has 4 aromatic carbocycles. The van der Waals surface area contributed by atoms with Crippen molar-refractivity contribution >= 4 is 35.3 Å². The number of rotatable bonds is 18. The monoisotopic (exact) mass is 1070 g/mol. The predicted molar refractivity (Wildman–Crippen MR) is 323 cm³/mol. The summed E-state index contributed by atoms with van der Waals surface area (Å²) in [5.41, 5.74) is 5.71. The molecule has 2 saturated carbocycles. The molecule has 8 rings (SSSR count). The van der Waals surface area contributed by atoms with Crippen LogP contribution in [0.15, 0.2) is 97.1 Å². The fraction of sp³-hybridized carbons (Fsp3) is 0.636. The van der Waals surface area contributed by atoms with Gasteiger partial charge < -0.3 is 27.9 Å². The molecular formula is C66H102O6Si3. The van der Waals surface area contributed by atoms with E-state index in [1.165, 1.54) is 45.5 Å². The minimum Gasteiger partial charge on any atom is -0.496 e. The molecule has 75 heavy (non-hydrogen) atoms. The first-order valence-electron chi connectivity index (χ1n) is 29.3. The van der Waals surface area contributed by atoms with E-state index in [4.69, 9.17) is 22.8 Å². The van der Waals surface area contributed by atoms with E-state index in [2.05, 4.69) is 199 Å². The second-order valence-corrected chi connectivity index (χ2v) is 41.9. The highest BCUT2D eigenvalue weighted by atomic mass is 28.4. The minimum absolute atomic E-state index is 0.0372. The summed E-state index contributed by atoms with van der Waals surface area (Å²) in [4.78, 5) is 0. The van der Waals surface area contributed by atoms with Crippen molar-refractivity contribution in [1.82, 2.24) is 0 Å². The lowest BCUT2D eigenvalue weighted by Crippen LogP contribution is -2.68. The van der Waals surface area contributed by atoms with Crippen LogP contribution in [0.4, 0.5) is 0 Å². The molecule has 0 spiro atoms. The highest BCUT2D eigenvalue weighted by Gasteiger charge is 2.55. The van der Waals surface area contributed by atoms with Gasteiger partial charge in [0.25, 0.3) is 8.32 Å². The summed E-state index contributed by atoms with van der Waals surface area (Å²) in [6, 6.07) is 35.5. The van der Waals surface area contributed by atoms with E-state index in [-0.39, 0.29) is 27.3 Å². The third kappa shape index (κ3) is 13.4. The summed E-state index contributed by atoms with van der Waals surface area (Å²) in [5.74, 6) is 6.53. The molecule has 414 valence electrons. The maximum atomic E-state index is 10.8. The van der Waals surface area contributed by atoms with E-state index in [1.54, 1.807) is 7.11 Å². The number of benzene rings is 4. The quantitative estimate of drug-likeness (QED) is 0.100. The molecule has 0 radical (unpaired) electrons. The van der Waals surface area contributed by atoms with Crippen LogP contribution >= 0.6 is 0 Å². The Hall–Kier alpha value is -3.03. The molecule has 6 nitrogen and oxygen atoms in total. The maximum absolute atomic E-state index is 10.8. The summed E-state index contributed by atoms with van der Waals surface area (Å²) in [6.45, 7) is 37.0. The van der Waals surface area contributed by atoms with E-state index < -0.39 is 25.0 Å². The predicted octanol–water partition coefficient (Wildman–Crippen LogP) is 15.3. The SMILES string of the molecule is COc1cccc2c1C[C@H]1C[C@@H](O)[C@H](CC[C@@H](C)CO[Si](C)(C)C(C)(C)C)[C@H]1C2.COc1cccc2c1C[C@H]1C[C@@H](O[Si](c3ccccc3)(c3ccccc3)C(C)(C)C)[C@H](CC[C@@H](C)CO[Si](C)(C)C(C)(C)C)[C@H]1C2. The average Bonchev–Trinajstić information content (AvgIpc) is 3.86. The van der Waals surface area contributed by atoms with E-state index in [1.807, 2.05) is 7.11 Å². The molecule has 10 atom stereocenters. The Bertz CT molecular complexity index is 2400. The molecule has 4 aliphatic carbocycles. The van der Waals surface area contributed by atoms with Gasteiger partial charge in [0.1, 0.15) is 11.5 Å². The summed E-state index contributed by atoms with van der Waals surface area (Å²) in [6.07, 6.45) is 11.1. The van der Waals surface area contributed by atoms with Crippen molar-refractivity contribution in [1.29, 1.82) is 0 Å². The van der Waals surface area contributed by atoms with Gasteiger partial charge in [0.05, 0.1) is 20.3 Å². The lowest BCUT2D eigenvalue weighted by molar-refractivity contribution is 0.103. The van der Waals surface area contributed by atoms with Crippen LogP contribution in [-0.4, -0.2) is 69.7 Å². The summed E-state index contributed by atoms with van der Waals surface area (Å²) >= 11 is 0. The highest BCUT2D eigenvalue weighted by molar-refractivity contribution is 6.99. The molecule has 0 heterocycles. The summed E-state index contributed by atoms with van der Waals surface area (Å²) in [7, 11) is -2.55. The van der Waals surface area contributed by atoms with Gasteiger partial charge in [-0.3, -0.25) is 0 Å². The smallest absolute Gasteiger partial charge is 0.261 e. The van der Waals surface area contributed by atoms with Crippen LogP contribution in [0.2, 0.25) is 41.3 Å². The van der Waals surface area contributed by atoms with Gasteiger partial charge in [0, 0.05) is 19.3 Å². The van der Waals surface area contributed by atoms with Crippen LogP contribution in [0.1, 0.15) is 137 Å². The number of hydrogen-bond donors (Lipinski definition) is 1. The first-order valence-corrected chi connectivity index (χ1v) is 37.0. The van der Waals surface area contributed by atoms with Gasteiger partial charge in [-0.2, -0.15) is 0 Å². The molecule has 1 N–H and O–H groups in total.